The van der Waals surface area contributed by atoms with E-state index in [1.165, 1.54) is 4.88 Å². The number of nitrogens with zero attached hydrogens (tertiary/aromatic N) is 3. The van der Waals surface area contributed by atoms with Crippen LogP contribution >= 0.6 is 11.3 Å². The Hall–Kier alpha value is -2.15. The zero-order chi connectivity index (χ0) is 18.6. The van der Waals surface area contributed by atoms with Gasteiger partial charge in [-0.15, -0.1) is 11.3 Å². The van der Waals surface area contributed by atoms with Crippen molar-refractivity contribution in [2.75, 3.05) is 13.2 Å². The number of nitrogens with one attached hydrogen (secondary N) is 2. The van der Waals surface area contributed by atoms with Crippen molar-refractivity contribution in [2.24, 2.45) is 4.99 Å². The van der Waals surface area contributed by atoms with Gasteiger partial charge in [0.15, 0.2) is 5.96 Å². The first-order chi connectivity index (χ1) is 12.8. The first kappa shape index (κ1) is 20.2. The number of thiazole rings is 1. The van der Waals surface area contributed by atoms with E-state index in [9.17, 15) is 0 Å². The van der Waals surface area contributed by atoms with Gasteiger partial charge < -0.3 is 15.4 Å². The highest BCUT2D eigenvalue weighted by Gasteiger charge is 2.06. The molecule has 142 valence electrons. The normalized spacial score (nSPS) is 11.4. The molecule has 6 nitrogen and oxygen atoms in total. The summed E-state index contributed by atoms with van der Waals surface area (Å²) in [6, 6.07) is 3.93. The number of aliphatic imine (C=N–C) groups is 1. The fraction of sp³-hybridized carbons (Fsp3) is 0.526. The second kappa shape index (κ2) is 11.5. The highest BCUT2D eigenvalue weighted by atomic mass is 32.1. The van der Waals surface area contributed by atoms with Gasteiger partial charge in [-0.05, 0) is 25.8 Å². The molecule has 0 amide bonds. The largest absolute Gasteiger partial charge is 0.477 e. The van der Waals surface area contributed by atoms with E-state index < -0.39 is 0 Å². The Kier molecular flexibility index (Phi) is 8.89. The van der Waals surface area contributed by atoms with Gasteiger partial charge in [0.2, 0.25) is 5.88 Å². The number of unbranched alkanes of at least 4 members (excludes halogenated alkanes) is 1. The second-order valence-electron chi connectivity index (χ2n) is 5.79. The molecule has 0 fully saturated rings. The predicted molar refractivity (Wildman–Crippen MR) is 108 cm³/mol. The molecule has 2 N–H and O–H groups in total. The van der Waals surface area contributed by atoms with Crippen molar-refractivity contribution in [2.45, 2.75) is 53.1 Å². The quantitative estimate of drug-likeness (QED) is 0.378. The Morgan fingerprint density at radius 2 is 2.12 bits per heavy atom. The number of aromatic nitrogens is 2. The molecule has 2 aromatic rings. The van der Waals surface area contributed by atoms with Gasteiger partial charge >= 0.3 is 0 Å². The summed E-state index contributed by atoms with van der Waals surface area (Å²) >= 11 is 1.73. The molecular formula is C19H29N5OS. The molecule has 2 aromatic heterocycles. The molecule has 0 unspecified atom stereocenters. The van der Waals surface area contributed by atoms with E-state index >= 15 is 0 Å². The molecule has 0 aliphatic rings. The lowest BCUT2D eigenvalue weighted by Gasteiger charge is -2.11. The molecular weight excluding hydrogens is 346 g/mol. The molecule has 0 aromatic carbocycles. The molecule has 0 aliphatic heterocycles. The molecule has 7 heteroatoms. The summed E-state index contributed by atoms with van der Waals surface area (Å²) in [4.78, 5) is 14.7. The third-order valence-corrected chi connectivity index (χ3v) is 4.84. The van der Waals surface area contributed by atoms with Crippen LogP contribution in [0.5, 0.6) is 5.88 Å². The molecule has 2 heterocycles. The standard InChI is InChI=1S/C19H29N5OS/c1-4-7-11-25-18-15(9-8-10-21-18)12-23-19(20-6-3)24-14-17-22-13-16(5-2)26-17/h8-10,13H,4-7,11-12,14H2,1-3H3,(H2,20,23,24). The number of aryl methyl sites for hydroxylation is 1. The van der Waals surface area contributed by atoms with Crippen molar-refractivity contribution < 1.29 is 4.74 Å². The fourth-order valence-corrected chi connectivity index (χ4v) is 3.05. The lowest BCUT2D eigenvalue weighted by molar-refractivity contribution is 0.294. The van der Waals surface area contributed by atoms with Crippen LogP contribution in [0, 0.1) is 0 Å². The zero-order valence-electron chi connectivity index (χ0n) is 15.9. The van der Waals surface area contributed by atoms with Crippen LogP contribution in [0.3, 0.4) is 0 Å². The van der Waals surface area contributed by atoms with Crippen LogP contribution in [-0.2, 0) is 19.5 Å². The van der Waals surface area contributed by atoms with Gasteiger partial charge in [0.25, 0.3) is 0 Å². The van der Waals surface area contributed by atoms with Gasteiger partial charge in [0.05, 0.1) is 19.7 Å². The number of hydrogen-bond donors (Lipinski definition) is 2. The summed E-state index contributed by atoms with van der Waals surface area (Å²) in [5.74, 6) is 1.44. The average Bonchev–Trinajstić information content (AvgIpc) is 3.13. The summed E-state index contributed by atoms with van der Waals surface area (Å²) in [7, 11) is 0. The second-order valence-corrected chi connectivity index (χ2v) is 6.99. The highest BCUT2D eigenvalue weighted by Crippen LogP contribution is 2.16. The van der Waals surface area contributed by atoms with Gasteiger partial charge in [-0.2, -0.15) is 0 Å². The van der Waals surface area contributed by atoms with Crippen molar-refractivity contribution in [1.82, 2.24) is 20.6 Å². The SMILES string of the molecule is CCCCOc1ncccc1CN=C(NCC)NCc1ncc(CC)s1. The Labute approximate surface area is 160 Å². The number of rotatable bonds is 10. The summed E-state index contributed by atoms with van der Waals surface area (Å²) in [5, 5.41) is 7.68. The summed E-state index contributed by atoms with van der Waals surface area (Å²) < 4.78 is 5.78. The lowest BCUT2D eigenvalue weighted by atomic mass is 10.3. The molecule has 0 saturated heterocycles. The van der Waals surface area contributed by atoms with Crippen LogP contribution in [0.1, 0.15) is 49.1 Å². The van der Waals surface area contributed by atoms with E-state index in [2.05, 4.69) is 46.4 Å². The van der Waals surface area contributed by atoms with Crippen molar-refractivity contribution in [3.8, 4) is 5.88 Å². The van der Waals surface area contributed by atoms with E-state index in [1.807, 2.05) is 18.3 Å². The van der Waals surface area contributed by atoms with Gasteiger partial charge in [-0.1, -0.05) is 26.3 Å². The minimum atomic E-state index is 0.517. The van der Waals surface area contributed by atoms with E-state index in [-0.39, 0.29) is 0 Å². The predicted octanol–water partition coefficient (Wildman–Crippen LogP) is 3.53. The van der Waals surface area contributed by atoms with Crippen LogP contribution < -0.4 is 15.4 Å². The topological polar surface area (TPSA) is 71.4 Å². The highest BCUT2D eigenvalue weighted by molar-refractivity contribution is 7.11. The molecule has 0 bridgehead atoms. The maximum Gasteiger partial charge on any atom is 0.218 e. The molecule has 26 heavy (non-hydrogen) atoms. The minimum absolute atomic E-state index is 0.517. The lowest BCUT2D eigenvalue weighted by Crippen LogP contribution is -2.36. The van der Waals surface area contributed by atoms with Gasteiger partial charge in [-0.3, -0.25) is 0 Å². The Morgan fingerprint density at radius 3 is 2.85 bits per heavy atom. The van der Waals surface area contributed by atoms with Crippen LogP contribution in [0.4, 0.5) is 0 Å². The van der Waals surface area contributed by atoms with E-state index in [1.54, 1.807) is 17.5 Å². The third kappa shape index (κ3) is 6.63. The number of hydrogen-bond acceptors (Lipinski definition) is 5. The van der Waals surface area contributed by atoms with Crippen molar-refractivity contribution >= 4 is 17.3 Å². The number of guanidine groups is 1. The van der Waals surface area contributed by atoms with Crippen LogP contribution in [-0.4, -0.2) is 29.1 Å². The summed E-state index contributed by atoms with van der Waals surface area (Å²) in [6.07, 6.45) is 6.85. The monoisotopic (exact) mass is 375 g/mol. The molecule has 0 atom stereocenters. The van der Waals surface area contributed by atoms with E-state index in [0.29, 0.717) is 25.6 Å². The van der Waals surface area contributed by atoms with Gasteiger partial charge in [0, 0.05) is 29.4 Å². The molecule has 2 rings (SSSR count). The Bertz CT molecular complexity index is 686. The van der Waals surface area contributed by atoms with Crippen molar-refractivity contribution in [3.63, 3.8) is 0 Å². The number of pyridine rings is 1. The van der Waals surface area contributed by atoms with Crippen molar-refractivity contribution in [1.29, 1.82) is 0 Å². The van der Waals surface area contributed by atoms with E-state index in [4.69, 9.17) is 4.74 Å². The Morgan fingerprint density at radius 1 is 1.23 bits per heavy atom. The smallest absolute Gasteiger partial charge is 0.218 e. The van der Waals surface area contributed by atoms with E-state index in [0.717, 1.165) is 42.3 Å². The van der Waals surface area contributed by atoms with Crippen molar-refractivity contribution in [3.05, 3.63) is 40.0 Å². The molecule has 0 aliphatic carbocycles. The minimum Gasteiger partial charge on any atom is -0.477 e. The maximum absolute atomic E-state index is 5.78. The first-order valence-corrected chi connectivity index (χ1v) is 10.1. The van der Waals surface area contributed by atoms with Crippen LogP contribution in [0.2, 0.25) is 0 Å². The maximum atomic E-state index is 5.78. The van der Waals surface area contributed by atoms with Gasteiger partial charge in [0.1, 0.15) is 5.01 Å². The van der Waals surface area contributed by atoms with Gasteiger partial charge in [-0.25, -0.2) is 15.0 Å². The summed E-state index contributed by atoms with van der Waals surface area (Å²) in [5.41, 5.74) is 0.989. The zero-order valence-corrected chi connectivity index (χ0v) is 16.7. The fourth-order valence-electron chi connectivity index (χ4n) is 2.25. The number of ether oxygens (including phenoxy) is 1. The summed E-state index contributed by atoms with van der Waals surface area (Å²) in [6.45, 7) is 9.02. The average molecular weight is 376 g/mol. The Balaban J connectivity index is 1.97. The van der Waals surface area contributed by atoms with Crippen LogP contribution in [0.15, 0.2) is 29.5 Å². The molecule has 0 saturated carbocycles. The molecule has 0 radical (unpaired) electrons. The first-order valence-electron chi connectivity index (χ1n) is 9.29. The van der Waals surface area contributed by atoms with Crippen LogP contribution in [0.25, 0.3) is 0 Å². The molecule has 0 spiro atoms. The third-order valence-electron chi connectivity index (χ3n) is 3.70.